The Bertz CT molecular complexity index is 534. The molecule has 0 bridgehead atoms. The summed E-state index contributed by atoms with van der Waals surface area (Å²) in [5, 5.41) is 11.8. The smallest absolute Gasteiger partial charge is 0.393 e. The summed E-state index contributed by atoms with van der Waals surface area (Å²) in [4.78, 5) is 13.7. The van der Waals surface area contributed by atoms with E-state index in [9.17, 15) is 18.0 Å². The fraction of sp³-hybridized carbons (Fsp3) is 0.533. The van der Waals surface area contributed by atoms with Gasteiger partial charge in [0.05, 0.1) is 31.8 Å². The van der Waals surface area contributed by atoms with Crippen molar-refractivity contribution in [3.8, 4) is 0 Å². The van der Waals surface area contributed by atoms with Crippen molar-refractivity contribution in [3.05, 3.63) is 29.8 Å². The number of nitrogens with one attached hydrogen (secondary N) is 1. The zero-order valence-corrected chi connectivity index (χ0v) is 12.6. The molecule has 1 heterocycles. The van der Waals surface area contributed by atoms with E-state index in [2.05, 4.69) is 5.32 Å². The van der Waals surface area contributed by atoms with Crippen molar-refractivity contribution in [1.29, 1.82) is 0 Å². The second kappa shape index (κ2) is 7.18. The summed E-state index contributed by atoms with van der Waals surface area (Å²) in [6, 6.07) is 5.17. The lowest BCUT2D eigenvalue weighted by molar-refractivity contribution is -0.127. The average Bonchev–Trinajstić information content (AvgIpc) is 2.47. The standard InChI is InChI=1S/C15H19F3N2O3/c1-10-7-20(8-13(9-21)23-10)14(22)19-12-4-2-11(3-5-12)6-15(16,17)18/h2-5,10,13,21H,6-9H2,1H3,(H,19,22). The molecule has 1 saturated heterocycles. The molecule has 1 aliphatic heterocycles. The molecule has 2 unspecified atom stereocenters. The number of hydrogen-bond donors (Lipinski definition) is 2. The molecule has 0 aliphatic carbocycles. The first kappa shape index (κ1) is 17.6. The van der Waals surface area contributed by atoms with Gasteiger partial charge in [0.15, 0.2) is 0 Å². The number of carbonyl (C=O) groups is 1. The van der Waals surface area contributed by atoms with Crippen LogP contribution in [0.25, 0.3) is 0 Å². The number of anilines is 1. The Morgan fingerprint density at radius 1 is 1.35 bits per heavy atom. The summed E-state index contributed by atoms with van der Waals surface area (Å²) in [5.41, 5.74) is 0.552. The fourth-order valence-corrected chi connectivity index (χ4v) is 2.45. The molecule has 2 amide bonds. The van der Waals surface area contributed by atoms with Crippen molar-refractivity contribution in [1.82, 2.24) is 4.90 Å². The molecule has 2 atom stereocenters. The van der Waals surface area contributed by atoms with Gasteiger partial charge in [-0.25, -0.2) is 4.79 Å². The van der Waals surface area contributed by atoms with Crippen LogP contribution in [0, 0.1) is 0 Å². The first-order valence-corrected chi connectivity index (χ1v) is 7.25. The molecule has 2 rings (SSSR count). The minimum absolute atomic E-state index is 0.135. The highest BCUT2D eigenvalue weighted by Gasteiger charge is 2.29. The number of aliphatic hydroxyl groups is 1. The predicted octanol–water partition coefficient (Wildman–Crippen LogP) is 2.40. The van der Waals surface area contributed by atoms with Crippen molar-refractivity contribution in [2.45, 2.75) is 31.7 Å². The van der Waals surface area contributed by atoms with E-state index < -0.39 is 18.7 Å². The van der Waals surface area contributed by atoms with Crippen LogP contribution in [0.4, 0.5) is 23.7 Å². The molecular formula is C15H19F3N2O3. The normalized spacial score (nSPS) is 22.0. The fourth-order valence-electron chi connectivity index (χ4n) is 2.45. The van der Waals surface area contributed by atoms with Crippen LogP contribution in [0.2, 0.25) is 0 Å². The average molecular weight is 332 g/mol. The van der Waals surface area contributed by atoms with Crippen molar-refractivity contribution >= 4 is 11.7 Å². The molecule has 2 N–H and O–H groups in total. The first-order chi connectivity index (χ1) is 10.8. The number of ether oxygens (including phenoxy) is 1. The molecule has 1 aliphatic rings. The summed E-state index contributed by atoms with van der Waals surface area (Å²) in [5.74, 6) is 0. The monoisotopic (exact) mass is 332 g/mol. The van der Waals surface area contributed by atoms with Crippen LogP contribution in [0.1, 0.15) is 12.5 Å². The Kier molecular flexibility index (Phi) is 5.48. The van der Waals surface area contributed by atoms with Crippen molar-refractivity contribution < 1.29 is 27.8 Å². The van der Waals surface area contributed by atoms with Gasteiger partial charge in [-0.1, -0.05) is 12.1 Å². The second-order valence-corrected chi connectivity index (χ2v) is 5.58. The molecule has 0 saturated carbocycles. The molecule has 0 spiro atoms. The van der Waals surface area contributed by atoms with Gasteiger partial charge in [-0.2, -0.15) is 13.2 Å². The third-order valence-corrected chi connectivity index (χ3v) is 3.43. The van der Waals surface area contributed by atoms with Gasteiger partial charge < -0.3 is 20.1 Å². The van der Waals surface area contributed by atoms with E-state index in [1.807, 2.05) is 0 Å². The number of hydrogen-bond acceptors (Lipinski definition) is 3. The number of rotatable bonds is 3. The highest BCUT2D eigenvalue weighted by atomic mass is 19.4. The van der Waals surface area contributed by atoms with Crippen molar-refractivity contribution in [2.75, 3.05) is 25.0 Å². The van der Waals surface area contributed by atoms with Crippen LogP contribution in [0.15, 0.2) is 24.3 Å². The first-order valence-electron chi connectivity index (χ1n) is 7.25. The molecule has 8 heteroatoms. The minimum atomic E-state index is -4.26. The van der Waals surface area contributed by atoms with E-state index in [-0.39, 0.29) is 30.9 Å². The molecule has 128 valence electrons. The van der Waals surface area contributed by atoms with Crippen LogP contribution < -0.4 is 5.32 Å². The van der Waals surface area contributed by atoms with Crippen LogP contribution in [0.3, 0.4) is 0 Å². The summed E-state index contributed by atoms with van der Waals surface area (Å²) < 4.78 is 42.3. The number of benzene rings is 1. The Labute approximate surface area is 132 Å². The van der Waals surface area contributed by atoms with Gasteiger partial charge in [-0.05, 0) is 24.6 Å². The molecule has 1 aromatic rings. The molecular weight excluding hydrogens is 313 g/mol. The van der Waals surface area contributed by atoms with Crippen LogP contribution in [-0.2, 0) is 11.2 Å². The van der Waals surface area contributed by atoms with E-state index in [4.69, 9.17) is 9.84 Å². The molecule has 1 aromatic carbocycles. The maximum atomic E-state index is 12.3. The van der Waals surface area contributed by atoms with Gasteiger partial charge in [0.2, 0.25) is 0 Å². The summed E-state index contributed by atoms with van der Waals surface area (Å²) in [7, 11) is 0. The van der Waals surface area contributed by atoms with E-state index in [0.29, 0.717) is 12.2 Å². The molecule has 23 heavy (non-hydrogen) atoms. The number of alkyl halides is 3. The van der Waals surface area contributed by atoms with Crippen LogP contribution in [-0.4, -0.2) is 54.1 Å². The summed E-state index contributed by atoms with van der Waals surface area (Å²) in [6.07, 6.45) is -5.88. The van der Waals surface area contributed by atoms with E-state index >= 15 is 0 Å². The van der Waals surface area contributed by atoms with Gasteiger partial charge in [-0.3, -0.25) is 0 Å². The number of halogens is 3. The Hall–Kier alpha value is -1.80. The van der Waals surface area contributed by atoms with E-state index in [1.165, 1.54) is 29.2 Å². The number of morpholine rings is 1. The minimum Gasteiger partial charge on any atom is -0.394 e. The molecule has 5 nitrogen and oxygen atoms in total. The number of urea groups is 1. The number of carbonyl (C=O) groups excluding carboxylic acids is 1. The Morgan fingerprint density at radius 3 is 2.57 bits per heavy atom. The highest BCUT2D eigenvalue weighted by Crippen LogP contribution is 2.22. The lowest BCUT2D eigenvalue weighted by atomic mass is 10.1. The van der Waals surface area contributed by atoms with Gasteiger partial charge in [-0.15, -0.1) is 0 Å². The van der Waals surface area contributed by atoms with Crippen LogP contribution in [0.5, 0.6) is 0 Å². The SMILES string of the molecule is CC1CN(C(=O)Nc2ccc(CC(F)(F)F)cc2)CC(CO)O1. The third kappa shape index (κ3) is 5.40. The maximum Gasteiger partial charge on any atom is 0.393 e. The molecule has 1 fully saturated rings. The number of amides is 2. The topological polar surface area (TPSA) is 61.8 Å². The number of aliphatic hydroxyl groups excluding tert-OH is 1. The lowest BCUT2D eigenvalue weighted by Gasteiger charge is -2.36. The zero-order chi connectivity index (χ0) is 17.0. The van der Waals surface area contributed by atoms with Gasteiger partial charge >= 0.3 is 12.2 Å². The summed E-state index contributed by atoms with van der Waals surface area (Å²) in [6.45, 7) is 2.27. The largest absolute Gasteiger partial charge is 0.394 e. The van der Waals surface area contributed by atoms with Gasteiger partial charge in [0.1, 0.15) is 0 Å². The summed E-state index contributed by atoms with van der Waals surface area (Å²) >= 11 is 0. The van der Waals surface area contributed by atoms with E-state index in [0.717, 1.165) is 0 Å². The number of nitrogens with zero attached hydrogens (tertiary/aromatic N) is 1. The maximum absolute atomic E-state index is 12.3. The highest BCUT2D eigenvalue weighted by molar-refractivity contribution is 5.89. The van der Waals surface area contributed by atoms with E-state index in [1.54, 1.807) is 6.92 Å². The second-order valence-electron chi connectivity index (χ2n) is 5.58. The Morgan fingerprint density at radius 2 is 2.00 bits per heavy atom. The zero-order valence-electron chi connectivity index (χ0n) is 12.6. The third-order valence-electron chi connectivity index (χ3n) is 3.43. The van der Waals surface area contributed by atoms with Crippen LogP contribution >= 0.6 is 0 Å². The predicted molar refractivity (Wildman–Crippen MR) is 78.2 cm³/mol. The van der Waals surface area contributed by atoms with Gasteiger partial charge in [0.25, 0.3) is 0 Å². The quantitative estimate of drug-likeness (QED) is 0.893. The Balaban J connectivity index is 1.94. The van der Waals surface area contributed by atoms with Gasteiger partial charge in [0, 0.05) is 12.2 Å². The lowest BCUT2D eigenvalue weighted by Crippen LogP contribution is -2.51. The molecule has 0 radical (unpaired) electrons. The van der Waals surface area contributed by atoms with Crippen molar-refractivity contribution in [3.63, 3.8) is 0 Å². The molecule has 0 aromatic heterocycles. The van der Waals surface area contributed by atoms with Crippen molar-refractivity contribution in [2.24, 2.45) is 0 Å².